The van der Waals surface area contributed by atoms with E-state index in [9.17, 15) is 4.79 Å². The van der Waals surface area contributed by atoms with Gasteiger partial charge in [-0.2, -0.15) is 0 Å². The predicted molar refractivity (Wildman–Crippen MR) is 85.9 cm³/mol. The van der Waals surface area contributed by atoms with Crippen LogP contribution in [-0.2, 0) is 20.8 Å². The second-order valence-corrected chi connectivity index (χ2v) is 5.69. The number of benzene rings is 1. The van der Waals surface area contributed by atoms with Crippen LogP contribution in [0.15, 0.2) is 24.3 Å². The van der Waals surface area contributed by atoms with Crippen LogP contribution >= 0.6 is 22.6 Å². The number of ether oxygens (including phenoxy) is 4. The minimum absolute atomic E-state index is 0.0431. The molecule has 2 atom stereocenters. The summed E-state index contributed by atoms with van der Waals surface area (Å²) in [6, 6.07) is 7.76. The summed E-state index contributed by atoms with van der Waals surface area (Å²) in [7, 11) is 1.64. The fourth-order valence-electron chi connectivity index (χ4n) is 2.09. The van der Waals surface area contributed by atoms with Crippen molar-refractivity contribution in [2.45, 2.75) is 31.7 Å². The third kappa shape index (κ3) is 5.35. The summed E-state index contributed by atoms with van der Waals surface area (Å²) in [6.07, 6.45) is 0.710. The summed E-state index contributed by atoms with van der Waals surface area (Å²) in [6.45, 7) is 1.09. The first-order valence-corrected chi connectivity index (χ1v) is 8.37. The Morgan fingerprint density at radius 1 is 1.24 bits per heavy atom. The van der Waals surface area contributed by atoms with E-state index in [1.165, 1.54) is 0 Å². The lowest BCUT2D eigenvalue weighted by Gasteiger charge is -2.27. The number of hydrogen-bond acceptors (Lipinski definition) is 5. The van der Waals surface area contributed by atoms with Crippen LogP contribution in [0.5, 0.6) is 5.75 Å². The van der Waals surface area contributed by atoms with Crippen LogP contribution in [0.1, 0.15) is 18.4 Å². The Labute approximate surface area is 138 Å². The van der Waals surface area contributed by atoms with Gasteiger partial charge in [-0.3, -0.25) is 0 Å². The van der Waals surface area contributed by atoms with E-state index in [-0.39, 0.29) is 12.2 Å². The molecule has 0 spiro atoms. The number of carbonyl (C=O) groups excluding carboxylic acids is 1. The summed E-state index contributed by atoms with van der Waals surface area (Å²) in [5, 5.41) is 0. The molecule has 0 N–H and O–H groups in total. The van der Waals surface area contributed by atoms with Crippen LogP contribution < -0.4 is 4.74 Å². The van der Waals surface area contributed by atoms with Gasteiger partial charge in [0.1, 0.15) is 18.0 Å². The lowest BCUT2D eigenvalue weighted by atomic mass is 10.1. The maximum absolute atomic E-state index is 11.3. The van der Waals surface area contributed by atoms with E-state index >= 15 is 0 Å². The lowest BCUT2D eigenvalue weighted by Crippen LogP contribution is -2.35. The molecule has 2 rings (SSSR count). The van der Waals surface area contributed by atoms with Gasteiger partial charge in [0.15, 0.2) is 0 Å². The fraction of sp³-hybridized carbons (Fsp3) is 0.533. The van der Waals surface area contributed by atoms with Crippen molar-refractivity contribution in [1.82, 2.24) is 0 Å². The molecule has 0 saturated carbocycles. The van der Waals surface area contributed by atoms with Gasteiger partial charge in [-0.05, 0) is 17.7 Å². The number of halogens is 1. The molecule has 1 aliphatic heterocycles. The topological polar surface area (TPSA) is 54.0 Å². The highest BCUT2D eigenvalue weighted by Gasteiger charge is 2.28. The monoisotopic (exact) mass is 406 g/mol. The number of hydrogen-bond donors (Lipinski definition) is 0. The zero-order valence-corrected chi connectivity index (χ0v) is 14.1. The van der Waals surface area contributed by atoms with Gasteiger partial charge in [0.25, 0.3) is 0 Å². The lowest BCUT2D eigenvalue weighted by molar-refractivity contribution is -0.0608. The molecular formula is C15H19IO5. The van der Waals surface area contributed by atoms with E-state index in [1.54, 1.807) is 7.11 Å². The molecule has 6 heteroatoms. The molecule has 1 saturated heterocycles. The second kappa shape index (κ2) is 8.43. The van der Waals surface area contributed by atoms with Gasteiger partial charge in [-0.25, -0.2) is 4.79 Å². The highest BCUT2D eigenvalue weighted by molar-refractivity contribution is 14.1. The molecule has 5 nitrogen and oxygen atoms in total. The minimum atomic E-state index is -0.567. The van der Waals surface area contributed by atoms with Crippen molar-refractivity contribution in [2.75, 3.05) is 18.1 Å². The second-order valence-electron chi connectivity index (χ2n) is 4.81. The number of alkyl halides is 1. The summed E-state index contributed by atoms with van der Waals surface area (Å²) in [5.41, 5.74) is 1.09. The minimum Gasteiger partial charge on any atom is -0.497 e. The van der Waals surface area contributed by atoms with E-state index in [2.05, 4.69) is 22.6 Å². The third-order valence-corrected chi connectivity index (χ3v) is 4.22. The molecule has 2 unspecified atom stereocenters. The van der Waals surface area contributed by atoms with Crippen molar-refractivity contribution >= 4 is 28.7 Å². The molecule has 1 aromatic rings. The highest BCUT2D eigenvalue weighted by atomic mass is 127. The van der Waals surface area contributed by atoms with Crippen molar-refractivity contribution in [3.8, 4) is 5.75 Å². The van der Waals surface area contributed by atoms with Crippen molar-refractivity contribution in [1.29, 1.82) is 0 Å². The van der Waals surface area contributed by atoms with Crippen LogP contribution in [0.3, 0.4) is 0 Å². The number of cyclic esters (lactones) is 2. The first kappa shape index (κ1) is 16.4. The number of methoxy groups -OCH3 is 1. The zero-order valence-electron chi connectivity index (χ0n) is 11.9. The molecule has 0 amide bonds. The summed E-state index contributed by atoms with van der Waals surface area (Å²) in [5.74, 6) is 0.831. The van der Waals surface area contributed by atoms with Crippen LogP contribution in [0, 0.1) is 0 Å². The third-order valence-electron chi connectivity index (χ3n) is 3.24. The molecule has 0 bridgehead atoms. The molecule has 0 aromatic heterocycles. The Hall–Kier alpha value is -1.02. The average Bonchev–Trinajstić information content (AvgIpc) is 2.51. The predicted octanol–water partition coefficient (Wildman–Crippen LogP) is 3.33. The highest BCUT2D eigenvalue weighted by Crippen LogP contribution is 2.19. The van der Waals surface area contributed by atoms with E-state index in [4.69, 9.17) is 18.9 Å². The van der Waals surface area contributed by atoms with Crippen LogP contribution in [0.2, 0.25) is 0 Å². The van der Waals surface area contributed by atoms with Gasteiger partial charge in [-0.15, -0.1) is 0 Å². The Kier molecular flexibility index (Phi) is 6.56. The quantitative estimate of drug-likeness (QED) is 0.301. The van der Waals surface area contributed by atoms with Crippen molar-refractivity contribution in [3.63, 3.8) is 0 Å². The standard InChI is InChI=1S/C15H19IO5/c1-18-12-4-2-11(3-5-12)10-19-7-6-13-8-14(9-16)21-15(17)20-13/h2-5,13-14H,6-10H2,1H3. The van der Waals surface area contributed by atoms with Crippen LogP contribution in [0.25, 0.3) is 0 Å². The first-order chi connectivity index (χ1) is 10.2. The molecule has 1 fully saturated rings. The Bertz CT molecular complexity index is 448. The van der Waals surface area contributed by atoms with Crippen LogP contribution in [-0.4, -0.2) is 36.5 Å². The molecule has 1 aliphatic rings. The van der Waals surface area contributed by atoms with E-state index < -0.39 is 6.16 Å². The molecular weight excluding hydrogens is 387 g/mol. The normalized spacial score (nSPS) is 21.5. The van der Waals surface area contributed by atoms with Crippen molar-refractivity contribution in [3.05, 3.63) is 29.8 Å². The van der Waals surface area contributed by atoms with Crippen molar-refractivity contribution < 1.29 is 23.7 Å². The van der Waals surface area contributed by atoms with Gasteiger partial charge in [0, 0.05) is 17.3 Å². The number of rotatable bonds is 7. The summed E-state index contributed by atoms with van der Waals surface area (Å²) in [4.78, 5) is 11.3. The smallest absolute Gasteiger partial charge is 0.497 e. The summed E-state index contributed by atoms with van der Waals surface area (Å²) >= 11 is 2.21. The Morgan fingerprint density at radius 2 is 1.95 bits per heavy atom. The van der Waals surface area contributed by atoms with Gasteiger partial charge < -0.3 is 18.9 Å². The first-order valence-electron chi connectivity index (χ1n) is 6.85. The van der Waals surface area contributed by atoms with Gasteiger partial charge >= 0.3 is 6.16 Å². The van der Waals surface area contributed by atoms with E-state index in [0.717, 1.165) is 22.2 Å². The van der Waals surface area contributed by atoms with Crippen molar-refractivity contribution in [2.24, 2.45) is 0 Å². The maximum Gasteiger partial charge on any atom is 0.508 e. The maximum atomic E-state index is 11.3. The van der Waals surface area contributed by atoms with E-state index in [0.29, 0.717) is 19.6 Å². The molecule has 0 aliphatic carbocycles. The Balaban J connectivity index is 1.67. The Morgan fingerprint density at radius 3 is 2.62 bits per heavy atom. The molecule has 21 heavy (non-hydrogen) atoms. The van der Waals surface area contributed by atoms with Gasteiger partial charge in [0.2, 0.25) is 0 Å². The van der Waals surface area contributed by atoms with Gasteiger partial charge in [0.05, 0.1) is 20.3 Å². The largest absolute Gasteiger partial charge is 0.508 e. The van der Waals surface area contributed by atoms with E-state index in [1.807, 2.05) is 24.3 Å². The fourth-order valence-corrected chi connectivity index (χ4v) is 2.63. The summed E-state index contributed by atoms with van der Waals surface area (Å²) < 4.78 is 21.7. The molecule has 116 valence electrons. The van der Waals surface area contributed by atoms with Gasteiger partial charge in [-0.1, -0.05) is 34.7 Å². The number of carbonyl (C=O) groups is 1. The zero-order chi connectivity index (χ0) is 15.1. The molecule has 0 radical (unpaired) electrons. The molecule has 1 aromatic carbocycles. The average molecular weight is 406 g/mol. The molecule has 1 heterocycles. The SMILES string of the molecule is COc1ccc(COCCC2CC(CI)OC(=O)O2)cc1. The van der Waals surface area contributed by atoms with Crippen LogP contribution in [0.4, 0.5) is 4.79 Å².